The highest BCUT2D eigenvalue weighted by molar-refractivity contribution is 6.42. The Bertz CT molecular complexity index is 956. The fraction of sp³-hybridized carbons (Fsp3) is 0.500. The minimum absolute atomic E-state index is 0.146. The van der Waals surface area contributed by atoms with Crippen LogP contribution in [0.15, 0.2) is 42.5 Å². The average molecular weight is 506 g/mol. The zero-order chi connectivity index (χ0) is 24.1. The first-order chi connectivity index (χ1) is 16.4. The number of methoxy groups -OCH3 is 1. The highest BCUT2D eigenvalue weighted by Crippen LogP contribution is 2.30. The summed E-state index contributed by atoms with van der Waals surface area (Å²) in [4.78, 5) is 16.8. The van der Waals surface area contributed by atoms with Crippen molar-refractivity contribution in [1.29, 1.82) is 0 Å². The average Bonchev–Trinajstić information content (AvgIpc) is 2.87. The lowest BCUT2D eigenvalue weighted by Gasteiger charge is -2.38. The minimum atomic E-state index is -0.363. The number of amides is 2. The van der Waals surface area contributed by atoms with E-state index < -0.39 is 0 Å². The number of rotatable bonds is 6. The second-order valence-corrected chi connectivity index (χ2v) is 10.1. The number of carbonyl (C=O) groups excluding carboxylic acids is 1. The summed E-state index contributed by atoms with van der Waals surface area (Å²) in [7, 11) is 1.69. The molecule has 2 amide bonds. The van der Waals surface area contributed by atoms with Crippen molar-refractivity contribution in [2.45, 2.75) is 37.7 Å². The number of nitrogens with zero attached hydrogens (tertiary/aromatic N) is 2. The van der Waals surface area contributed by atoms with E-state index in [0.717, 1.165) is 44.5 Å². The summed E-state index contributed by atoms with van der Waals surface area (Å²) in [5, 5.41) is 14.6. The van der Waals surface area contributed by atoms with Crippen molar-refractivity contribution >= 4 is 34.9 Å². The molecule has 2 fully saturated rings. The van der Waals surface area contributed by atoms with Gasteiger partial charge in [-0.2, -0.15) is 0 Å². The van der Waals surface area contributed by atoms with E-state index in [9.17, 15) is 9.90 Å². The second-order valence-electron chi connectivity index (χ2n) is 9.30. The summed E-state index contributed by atoms with van der Waals surface area (Å²) >= 11 is 12.0. The molecule has 2 heterocycles. The Morgan fingerprint density at radius 2 is 1.71 bits per heavy atom. The van der Waals surface area contributed by atoms with Gasteiger partial charge in [0.2, 0.25) is 0 Å². The van der Waals surface area contributed by atoms with E-state index in [-0.39, 0.29) is 18.1 Å². The number of aliphatic hydroxyl groups excluding tert-OH is 1. The molecule has 34 heavy (non-hydrogen) atoms. The Kier molecular flexibility index (Phi) is 8.59. The van der Waals surface area contributed by atoms with Gasteiger partial charge in [-0.3, -0.25) is 0 Å². The van der Waals surface area contributed by atoms with E-state index in [0.29, 0.717) is 41.3 Å². The number of anilines is 1. The van der Waals surface area contributed by atoms with Crippen molar-refractivity contribution in [3.8, 4) is 5.75 Å². The largest absolute Gasteiger partial charge is 0.497 e. The predicted octanol–water partition coefficient (Wildman–Crippen LogP) is 5.49. The lowest BCUT2D eigenvalue weighted by Crippen LogP contribution is -2.46. The summed E-state index contributed by atoms with van der Waals surface area (Å²) in [5.74, 6) is 1.67. The molecule has 0 aliphatic carbocycles. The number of halogens is 2. The van der Waals surface area contributed by atoms with E-state index in [4.69, 9.17) is 27.9 Å². The minimum Gasteiger partial charge on any atom is -0.497 e. The molecule has 184 valence electrons. The number of ether oxygens (including phenoxy) is 1. The van der Waals surface area contributed by atoms with Gasteiger partial charge in [-0.05, 0) is 86.5 Å². The third kappa shape index (κ3) is 6.36. The fourth-order valence-corrected chi connectivity index (χ4v) is 5.30. The quantitative estimate of drug-likeness (QED) is 0.544. The van der Waals surface area contributed by atoms with E-state index in [1.807, 2.05) is 12.1 Å². The summed E-state index contributed by atoms with van der Waals surface area (Å²) < 4.78 is 5.26. The number of β-amino-alcohol motifs (C(OH)–C–C–N with tert-alkyl or cyclic N) is 1. The van der Waals surface area contributed by atoms with Crippen LogP contribution < -0.4 is 10.1 Å². The third-order valence-electron chi connectivity index (χ3n) is 7.16. The van der Waals surface area contributed by atoms with Crippen LogP contribution in [0.2, 0.25) is 10.0 Å². The van der Waals surface area contributed by atoms with Crippen molar-refractivity contribution in [2.75, 3.05) is 45.2 Å². The maximum absolute atomic E-state index is 12.6. The molecule has 1 atom stereocenters. The molecule has 2 N–H and O–H groups in total. The molecule has 0 spiro atoms. The zero-order valence-corrected chi connectivity index (χ0v) is 21.1. The molecule has 2 aromatic carbocycles. The molecule has 2 aliphatic rings. The number of carbonyl (C=O) groups is 1. The molecule has 8 heteroatoms. The van der Waals surface area contributed by atoms with Crippen molar-refractivity contribution in [1.82, 2.24) is 9.80 Å². The number of aliphatic hydroxyl groups is 1. The highest BCUT2D eigenvalue weighted by Gasteiger charge is 2.30. The second kappa shape index (κ2) is 11.6. The molecule has 2 aromatic rings. The molecular weight excluding hydrogens is 473 g/mol. The van der Waals surface area contributed by atoms with Gasteiger partial charge in [0.15, 0.2) is 0 Å². The maximum Gasteiger partial charge on any atom is 0.321 e. The van der Waals surface area contributed by atoms with Crippen LogP contribution in [0, 0.1) is 5.92 Å². The SMILES string of the molecule is COc1ccc(C2CCN(CC(O)C3CCN(C(=O)Nc4ccc(Cl)c(Cl)c4)CC3)CC2)cc1. The van der Waals surface area contributed by atoms with E-state index in [1.165, 1.54) is 5.56 Å². The summed E-state index contributed by atoms with van der Waals surface area (Å²) in [6, 6.07) is 13.3. The van der Waals surface area contributed by atoms with Crippen molar-refractivity contribution < 1.29 is 14.6 Å². The molecular formula is C26H33Cl2N3O3. The van der Waals surface area contributed by atoms with E-state index >= 15 is 0 Å². The smallest absolute Gasteiger partial charge is 0.321 e. The first kappa shape index (κ1) is 25.1. The van der Waals surface area contributed by atoms with Crippen LogP contribution in [0.3, 0.4) is 0 Å². The fourth-order valence-electron chi connectivity index (χ4n) is 5.00. The number of urea groups is 1. The topological polar surface area (TPSA) is 65.0 Å². The van der Waals surface area contributed by atoms with Gasteiger partial charge < -0.3 is 25.0 Å². The van der Waals surface area contributed by atoms with Gasteiger partial charge in [-0.1, -0.05) is 35.3 Å². The number of likely N-dealkylation sites (tertiary alicyclic amines) is 2. The molecule has 0 radical (unpaired) electrons. The number of piperidine rings is 2. The van der Waals surface area contributed by atoms with Crippen molar-refractivity contribution in [3.05, 3.63) is 58.1 Å². The normalized spacial score (nSPS) is 19.1. The molecule has 4 rings (SSSR count). The van der Waals surface area contributed by atoms with Crippen LogP contribution in [0.25, 0.3) is 0 Å². The lowest BCUT2D eigenvalue weighted by atomic mass is 9.88. The monoisotopic (exact) mass is 505 g/mol. The van der Waals surface area contributed by atoms with Crippen molar-refractivity contribution in [2.24, 2.45) is 5.92 Å². The van der Waals surface area contributed by atoms with Gasteiger partial charge in [0.05, 0.1) is 23.3 Å². The van der Waals surface area contributed by atoms with Gasteiger partial charge in [-0.25, -0.2) is 4.79 Å². The predicted molar refractivity (Wildman–Crippen MR) is 137 cm³/mol. The Labute approximate surface area is 211 Å². The summed E-state index contributed by atoms with van der Waals surface area (Å²) in [6.07, 6.45) is 3.45. The molecule has 2 saturated heterocycles. The van der Waals surface area contributed by atoms with Crippen LogP contribution in [-0.2, 0) is 0 Å². The van der Waals surface area contributed by atoms with Gasteiger partial charge in [-0.15, -0.1) is 0 Å². The molecule has 0 saturated carbocycles. The standard InChI is InChI=1S/C26H33Cl2N3O3/c1-34-22-5-2-18(3-6-22)19-8-12-30(13-9-19)17-25(32)20-10-14-31(15-11-20)26(33)29-21-4-7-23(27)24(28)16-21/h2-7,16,19-20,25,32H,8-15,17H2,1H3,(H,29,33). The van der Waals surface area contributed by atoms with Crippen LogP contribution in [-0.4, -0.2) is 66.9 Å². The van der Waals surface area contributed by atoms with Crippen LogP contribution in [0.1, 0.15) is 37.2 Å². The third-order valence-corrected chi connectivity index (χ3v) is 7.90. The Morgan fingerprint density at radius 1 is 1.03 bits per heavy atom. The Morgan fingerprint density at radius 3 is 2.32 bits per heavy atom. The molecule has 6 nitrogen and oxygen atoms in total. The molecule has 0 aromatic heterocycles. The maximum atomic E-state index is 12.6. The lowest BCUT2D eigenvalue weighted by molar-refractivity contribution is 0.0315. The van der Waals surface area contributed by atoms with Gasteiger partial charge >= 0.3 is 6.03 Å². The first-order valence-corrected chi connectivity index (χ1v) is 12.7. The van der Waals surface area contributed by atoms with Crippen molar-refractivity contribution in [3.63, 3.8) is 0 Å². The van der Waals surface area contributed by atoms with Gasteiger partial charge in [0.25, 0.3) is 0 Å². The summed E-state index contributed by atoms with van der Waals surface area (Å²) in [6.45, 7) is 3.97. The molecule has 2 aliphatic heterocycles. The van der Waals surface area contributed by atoms with Crippen LogP contribution >= 0.6 is 23.2 Å². The van der Waals surface area contributed by atoms with E-state index in [2.05, 4.69) is 22.3 Å². The van der Waals surface area contributed by atoms with Gasteiger partial charge in [0, 0.05) is 25.3 Å². The number of benzene rings is 2. The summed E-state index contributed by atoms with van der Waals surface area (Å²) in [5.41, 5.74) is 1.99. The number of hydrogen-bond acceptors (Lipinski definition) is 4. The molecule has 0 bridgehead atoms. The number of nitrogens with one attached hydrogen (secondary N) is 1. The van der Waals surface area contributed by atoms with Crippen LogP contribution in [0.4, 0.5) is 10.5 Å². The molecule has 1 unspecified atom stereocenters. The van der Waals surface area contributed by atoms with Crippen LogP contribution in [0.5, 0.6) is 5.75 Å². The first-order valence-electron chi connectivity index (χ1n) is 12.0. The Hall–Kier alpha value is -1.99. The number of hydrogen-bond donors (Lipinski definition) is 2. The highest BCUT2D eigenvalue weighted by atomic mass is 35.5. The van der Waals surface area contributed by atoms with Gasteiger partial charge in [0.1, 0.15) is 5.75 Å². The van der Waals surface area contributed by atoms with E-state index in [1.54, 1.807) is 30.2 Å². The Balaban J connectivity index is 1.19. The zero-order valence-electron chi connectivity index (χ0n) is 19.6.